The Labute approximate surface area is 105 Å². The summed E-state index contributed by atoms with van der Waals surface area (Å²) in [5, 5.41) is 10.9. The minimum atomic E-state index is -0.829. The van der Waals surface area contributed by atoms with E-state index in [0.29, 0.717) is 11.4 Å². The number of aromatic carboxylic acids is 1. The number of hydrogen-bond donors (Lipinski definition) is 1. The maximum atomic E-state index is 11.0. The number of carboxylic acid groups (broad SMARTS) is 1. The third kappa shape index (κ3) is 3.06. The Kier molecular flexibility index (Phi) is 3.81. The molecule has 17 heavy (non-hydrogen) atoms. The fourth-order valence-corrected chi connectivity index (χ4v) is 3.06. The number of morpholine rings is 1. The first-order chi connectivity index (χ1) is 8.06. The van der Waals surface area contributed by atoms with Gasteiger partial charge in [-0.15, -0.1) is 11.3 Å². The molecule has 1 fully saturated rings. The van der Waals surface area contributed by atoms with E-state index in [2.05, 4.69) is 4.90 Å². The molecule has 0 amide bonds. The Morgan fingerprint density at radius 2 is 2.18 bits per heavy atom. The highest BCUT2D eigenvalue weighted by Crippen LogP contribution is 2.20. The van der Waals surface area contributed by atoms with E-state index in [4.69, 9.17) is 9.84 Å². The molecule has 1 aromatic rings. The van der Waals surface area contributed by atoms with Gasteiger partial charge in [-0.3, -0.25) is 4.90 Å². The second kappa shape index (κ2) is 5.16. The Bertz CT molecular complexity index is 394. The van der Waals surface area contributed by atoms with Gasteiger partial charge in [0.15, 0.2) is 0 Å². The Hall–Kier alpha value is -0.910. The highest BCUT2D eigenvalue weighted by Gasteiger charge is 2.23. The summed E-state index contributed by atoms with van der Waals surface area (Å²) in [5.41, 5.74) is 0.906. The normalized spacial score (nSPS) is 26.0. The van der Waals surface area contributed by atoms with E-state index >= 15 is 0 Å². The van der Waals surface area contributed by atoms with E-state index in [1.54, 1.807) is 0 Å². The lowest BCUT2D eigenvalue weighted by molar-refractivity contribution is -0.0704. The molecular formula is C12H17NO3S. The molecule has 94 valence electrons. The van der Waals surface area contributed by atoms with Gasteiger partial charge in [0.05, 0.1) is 12.2 Å². The highest BCUT2D eigenvalue weighted by atomic mass is 32.1. The first kappa shape index (κ1) is 12.5. The number of rotatable bonds is 3. The number of thiophene rings is 1. The molecule has 1 saturated heterocycles. The first-order valence-corrected chi connectivity index (χ1v) is 6.61. The lowest BCUT2D eigenvalue weighted by Gasteiger charge is -2.35. The monoisotopic (exact) mass is 255 g/mol. The van der Waals surface area contributed by atoms with Crippen molar-refractivity contribution in [1.82, 2.24) is 4.90 Å². The van der Waals surface area contributed by atoms with Gasteiger partial charge < -0.3 is 9.84 Å². The molecule has 2 heterocycles. The number of carbonyl (C=O) groups is 1. The van der Waals surface area contributed by atoms with E-state index in [9.17, 15) is 4.79 Å². The van der Waals surface area contributed by atoms with Crippen molar-refractivity contribution in [3.63, 3.8) is 0 Å². The standard InChI is InChI=1S/C12H17NO3S/c1-8-5-13(6-9(2)16-8)7-10-3-4-17-11(10)12(14)15/h3-4,8-9H,5-7H2,1-2H3,(H,14,15). The van der Waals surface area contributed by atoms with Gasteiger partial charge in [-0.25, -0.2) is 4.79 Å². The Balaban J connectivity index is 2.05. The molecule has 0 saturated carbocycles. The number of carboxylic acids is 1. The average molecular weight is 255 g/mol. The van der Waals surface area contributed by atoms with Crippen LogP contribution in [0.15, 0.2) is 11.4 Å². The fourth-order valence-electron chi connectivity index (χ4n) is 2.30. The summed E-state index contributed by atoms with van der Waals surface area (Å²) in [6.45, 7) is 6.52. The van der Waals surface area contributed by atoms with Crippen LogP contribution in [0, 0.1) is 0 Å². The zero-order valence-corrected chi connectivity index (χ0v) is 10.9. The third-order valence-corrected chi connectivity index (χ3v) is 3.77. The van der Waals surface area contributed by atoms with Gasteiger partial charge in [0.25, 0.3) is 0 Å². The molecule has 2 rings (SSSR count). The summed E-state index contributed by atoms with van der Waals surface area (Å²) in [6, 6.07) is 1.90. The van der Waals surface area contributed by atoms with E-state index < -0.39 is 5.97 Å². The number of ether oxygens (including phenoxy) is 1. The third-order valence-electron chi connectivity index (χ3n) is 2.83. The van der Waals surface area contributed by atoms with Crippen LogP contribution in [0.1, 0.15) is 29.1 Å². The summed E-state index contributed by atoms with van der Waals surface area (Å²) < 4.78 is 5.66. The minimum absolute atomic E-state index is 0.214. The molecule has 4 nitrogen and oxygen atoms in total. The molecular weight excluding hydrogens is 238 g/mol. The first-order valence-electron chi connectivity index (χ1n) is 5.73. The lowest BCUT2D eigenvalue weighted by atomic mass is 10.2. The topological polar surface area (TPSA) is 49.8 Å². The van der Waals surface area contributed by atoms with Crippen molar-refractivity contribution in [1.29, 1.82) is 0 Å². The van der Waals surface area contributed by atoms with Gasteiger partial charge >= 0.3 is 5.97 Å². The van der Waals surface area contributed by atoms with Crippen LogP contribution >= 0.6 is 11.3 Å². The summed E-state index contributed by atoms with van der Waals surface area (Å²) >= 11 is 1.29. The van der Waals surface area contributed by atoms with Crippen molar-refractivity contribution in [3.05, 3.63) is 21.9 Å². The smallest absolute Gasteiger partial charge is 0.346 e. The van der Waals surface area contributed by atoms with E-state index in [-0.39, 0.29) is 12.2 Å². The van der Waals surface area contributed by atoms with Crippen LogP contribution in [0.5, 0.6) is 0 Å². The molecule has 1 aromatic heterocycles. The minimum Gasteiger partial charge on any atom is -0.477 e. The molecule has 0 aliphatic carbocycles. The zero-order valence-electron chi connectivity index (χ0n) is 10.0. The van der Waals surface area contributed by atoms with E-state index in [1.165, 1.54) is 11.3 Å². The van der Waals surface area contributed by atoms with Gasteiger partial charge in [0.2, 0.25) is 0 Å². The molecule has 1 aliphatic rings. The number of hydrogen-bond acceptors (Lipinski definition) is 4. The molecule has 0 aromatic carbocycles. The summed E-state index contributed by atoms with van der Waals surface area (Å²) in [6.07, 6.45) is 0.427. The van der Waals surface area contributed by atoms with Crippen molar-refractivity contribution < 1.29 is 14.6 Å². The van der Waals surface area contributed by atoms with E-state index in [0.717, 1.165) is 18.7 Å². The fraction of sp³-hybridized carbons (Fsp3) is 0.583. The van der Waals surface area contributed by atoms with Crippen molar-refractivity contribution in [3.8, 4) is 0 Å². The maximum Gasteiger partial charge on any atom is 0.346 e. The summed E-state index contributed by atoms with van der Waals surface area (Å²) in [5.74, 6) is -0.829. The highest BCUT2D eigenvalue weighted by molar-refractivity contribution is 7.12. The van der Waals surface area contributed by atoms with E-state index in [1.807, 2.05) is 25.3 Å². The summed E-state index contributed by atoms with van der Waals surface area (Å²) in [7, 11) is 0. The SMILES string of the molecule is CC1CN(Cc2ccsc2C(=O)O)CC(C)O1. The Morgan fingerprint density at radius 1 is 1.53 bits per heavy atom. The van der Waals surface area contributed by atoms with Gasteiger partial charge in [0, 0.05) is 19.6 Å². The molecule has 2 atom stereocenters. The quantitative estimate of drug-likeness (QED) is 0.898. The molecule has 0 radical (unpaired) electrons. The van der Waals surface area contributed by atoms with Crippen LogP contribution in [-0.4, -0.2) is 41.3 Å². The van der Waals surface area contributed by atoms with Crippen LogP contribution in [0.2, 0.25) is 0 Å². The van der Waals surface area contributed by atoms with Crippen LogP contribution in [0.3, 0.4) is 0 Å². The van der Waals surface area contributed by atoms with Crippen molar-refractivity contribution in [2.75, 3.05) is 13.1 Å². The van der Waals surface area contributed by atoms with Crippen molar-refractivity contribution in [2.45, 2.75) is 32.6 Å². The molecule has 5 heteroatoms. The second-order valence-electron chi connectivity index (χ2n) is 4.53. The molecule has 0 bridgehead atoms. The lowest BCUT2D eigenvalue weighted by Crippen LogP contribution is -2.44. The van der Waals surface area contributed by atoms with Crippen molar-refractivity contribution >= 4 is 17.3 Å². The van der Waals surface area contributed by atoms with Gasteiger partial charge in [-0.2, -0.15) is 0 Å². The summed E-state index contributed by atoms with van der Waals surface area (Å²) in [4.78, 5) is 13.7. The zero-order chi connectivity index (χ0) is 12.4. The molecule has 1 aliphatic heterocycles. The largest absolute Gasteiger partial charge is 0.477 e. The second-order valence-corrected chi connectivity index (χ2v) is 5.45. The molecule has 0 spiro atoms. The van der Waals surface area contributed by atoms with Crippen molar-refractivity contribution in [2.24, 2.45) is 0 Å². The number of nitrogens with zero attached hydrogens (tertiary/aromatic N) is 1. The molecule has 2 unspecified atom stereocenters. The molecule has 1 N–H and O–H groups in total. The van der Waals surface area contributed by atoms with Crippen LogP contribution in [0.4, 0.5) is 0 Å². The van der Waals surface area contributed by atoms with Crippen LogP contribution < -0.4 is 0 Å². The van der Waals surface area contributed by atoms with Gasteiger partial charge in [-0.1, -0.05) is 0 Å². The van der Waals surface area contributed by atoms with Gasteiger partial charge in [0.1, 0.15) is 4.88 Å². The van der Waals surface area contributed by atoms with Gasteiger partial charge in [-0.05, 0) is 30.9 Å². The predicted octanol–water partition coefficient (Wildman–Crippen LogP) is 2.06. The Morgan fingerprint density at radius 3 is 2.76 bits per heavy atom. The maximum absolute atomic E-state index is 11.0. The predicted molar refractivity (Wildman–Crippen MR) is 66.6 cm³/mol. The van der Waals surface area contributed by atoms with Crippen LogP contribution in [-0.2, 0) is 11.3 Å². The average Bonchev–Trinajstić information content (AvgIpc) is 2.63. The van der Waals surface area contributed by atoms with Crippen LogP contribution in [0.25, 0.3) is 0 Å².